The maximum absolute atomic E-state index is 10.1. The summed E-state index contributed by atoms with van der Waals surface area (Å²) in [7, 11) is 1.63. The molecular formula is C17H15NO2. The average molecular weight is 265 g/mol. The van der Waals surface area contributed by atoms with Crippen LogP contribution in [0, 0.1) is 0 Å². The van der Waals surface area contributed by atoms with Gasteiger partial charge in [-0.1, -0.05) is 36.4 Å². The van der Waals surface area contributed by atoms with E-state index in [9.17, 15) is 5.11 Å². The molecule has 0 aliphatic carbocycles. The molecule has 0 radical (unpaired) electrons. The zero-order chi connectivity index (χ0) is 13.9. The van der Waals surface area contributed by atoms with Crippen LogP contribution in [0.3, 0.4) is 0 Å². The number of para-hydroxylation sites is 2. The number of ether oxygens (including phenoxy) is 1. The van der Waals surface area contributed by atoms with E-state index in [0.717, 1.165) is 22.2 Å². The second-order valence-corrected chi connectivity index (χ2v) is 4.54. The fraction of sp³-hybridized carbons (Fsp3) is 0.0588. The maximum atomic E-state index is 10.1. The van der Waals surface area contributed by atoms with Gasteiger partial charge in [0.05, 0.1) is 18.5 Å². The molecule has 2 N–H and O–H groups in total. The van der Waals surface area contributed by atoms with Crippen molar-refractivity contribution in [3.63, 3.8) is 0 Å². The van der Waals surface area contributed by atoms with Crippen LogP contribution in [0.5, 0.6) is 11.5 Å². The van der Waals surface area contributed by atoms with E-state index in [4.69, 9.17) is 4.74 Å². The Morgan fingerprint density at radius 1 is 0.850 bits per heavy atom. The molecule has 0 bridgehead atoms. The van der Waals surface area contributed by atoms with Crippen molar-refractivity contribution in [1.82, 2.24) is 0 Å². The predicted octanol–water partition coefficient (Wildman–Crippen LogP) is 4.30. The Balaban J connectivity index is 2.04. The molecule has 0 amide bonds. The lowest BCUT2D eigenvalue weighted by Crippen LogP contribution is -1.94. The van der Waals surface area contributed by atoms with Gasteiger partial charge in [-0.2, -0.15) is 0 Å². The van der Waals surface area contributed by atoms with Gasteiger partial charge in [0.15, 0.2) is 0 Å². The van der Waals surface area contributed by atoms with Crippen LogP contribution in [0.1, 0.15) is 0 Å². The SMILES string of the molecule is COc1ccccc1Nc1cc2ccccc2cc1O. The van der Waals surface area contributed by atoms with Crippen LogP contribution in [0.25, 0.3) is 10.8 Å². The van der Waals surface area contributed by atoms with Crippen molar-refractivity contribution in [3.8, 4) is 11.5 Å². The first-order valence-corrected chi connectivity index (χ1v) is 6.40. The number of hydrogen-bond acceptors (Lipinski definition) is 3. The van der Waals surface area contributed by atoms with E-state index < -0.39 is 0 Å². The van der Waals surface area contributed by atoms with Crippen molar-refractivity contribution in [1.29, 1.82) is 0 Å². The van der Waals surface area contributed by atoms with Gasteiger partial charge in [-0.05, 0) is 35.0 Å². The number of phenolic OH excluding ortho intramolecular Hbond substituents is 1. The van der Waals surface area contributed by atoms with Gasteiger partial charge in [0.1, 0.15) is 11.5 Å². The third-order valence-corrected chi connectivity index (χ3v) is 3.24. The summed E-state index contributed by atoms with van der Waals surface area (Å²) in [6.07, 6.45) is 0. The number of methoxy groups -OCH3 is 1. The topological polar surface area (TPSA) is 41.5 Å². The summed E-state index contributed by atoms with van der Waals surface area (Å²) in [5, 5.41) is 15.4. The van der Waals surface area contributed by atoms with E-state index in [1.807, 2.05) is 54.6 Å². The van der Waals surface area contributed by atoms with Gasteiger partial charge in [0.25, 0.3) is 0 Å². The third kappa shape index (κ3) is 2.26. The number of fused-ring (bicyclic) bond motifs is 1. The molecule has 0 saturated carbocycles. The monoisotopic (exact) mass is 265 g/mol. The van der Waals surface area contributed by atoms with Crippen LogP contribution in [0.15, 0.2) is 60.7 Å². The molecule has 0 unspecified atom stereocenters. The van der Waals surface area contributed by atoms with Crippen molar-refractivity contribution in [3.05, 3.63) is 60.7 Å². The molecule has 3 aromatic carbocycles. The Morgan fingerprint density at radius 2 is 1.50 bits per heavy atom. The van der Waals surface area contributed by atoms with Gasteiger partial charge in [-0.15, -0.1) is 0 Å². The summed E-state index contributed by atoms with van der Waals surface area (Å²) in [4.78, 5) is 0. The molecule has 0 spiro atoms. The predicted molar refractivity (Wildman–Crippen MR) is 81.9 cm³/mol. The van der Waals surface area contributed by atoms with Gasteiger partial charge in [-0.25, -0.2) is 0 Å². The van der Waals surface area contributed by atoms with Crippen LogP contribution >= 0.6 is 0 Å². The lowest BCUT2D eigenvalue weighted by molar-refractivity contribution is 0.416. The van der Waals surface area contributed by atoms with E-state index >= 15 is 0 Å². The first-order valence-electron chi connectivity index (χ1n) is 6.40. The minimum absolute atomic E-state index is 0.217. The van der Waals surface area contributed by atoms with E-state index in [-0.39, 0.29) is 5.75 Å². The van der Waals surface area contributed by atoms with Crippen LogP contribution in [0.2, 0.25) is 0 Å². The van der Waals surface area contributed by atoms with E-state index in [2.05, 4.69) is 5.32 Å². The molecule has 3 heteroatoms. The second-order valence-electron chi connectivity index (χ2n) is 4.54. The average Bonchev–Trinajstić information content (AvgIpc) is 2.48. The van der Waals surface area contributed by atoms with Gasteiger partial charge in [0, 0.05) is 0 Å². The molecule has 0 aliphatic rings. The summed E-state index contributed by atoms with van der Waals surface area (Å²) in [5.74, 6) is 0.953. The fourth-order valence-electron chi connectivity index (χ4n) is 2.22. The van der Waals surface area contributed by atoms with Crippen LogP contribution in [-0.2, 0) is 0 Å². The highest BCUT2D eigenvalue weighted by Crippen LogP contribution is 2.34. The Labute approximate surface area is 117 Å². The normalized spacial score (nSPS) is 10.4. The molecule has 0 heterocycles. The number of anilines is 2. The number of aromatic hydroxyl groups is 1. The van der Waals surface area contributed by atoms with Crippen molar-refractivity contribution in [2.45, 2.75) is 0 Å². The van der Waals surface area contributed by atoms with Crippen LogP contribution in [0.4, 0.5) is 11.4 Å². The van der Waals surface area contributed by atoms with Crippen molar-refractivity contribution >= 4 is 22.1 Å². The zero-order valence-corrected chi connectivity index (χ0v) is 11.1. The first-order chi connectivity index (χ1) is 9.78. The molecule has 0 aromatic heterocycles. The van der Waals surface area contributed by atoms with Crippen molar-refractivity contribution < 1.29 is 9.84 Å². The molecule has 0 fully saturated rings. The number of hydrogen-bond donors (Lipinski definition) is 2. The molecule has 3 nitrogen and oxygen atoms in total. The Bertz CT molecular complexity index is 753. The Kier molecular flexibility index (Phi) is 3.17. The molecule has 0 atom stereocenters. The molecule has 3 rings (SSSR count). The lowest BCUT2D eigenvalue weighted by atomic mass is 10.1. The zero-order valence-electron chi connectivity index (χ0n) is 11.1. The highest BCUT2D eigenvalue weighted by atomic mass is 16.5. The summed E-state index contributed by atoms with van der Waals surface area (Å²) in [6.45, 7) is 0. The summed E-state index contributed by atoms with van der Waals surface area (Å²) in [5.41, 5.74) is 1.48. The van der Waals surface area contributed by atoms with Crippen molar-refractivity contribution in [2.75, 3.05) is 12.4 Å². The van der Waals surface area contributed by atoms with Crippen LogP contribution in [-0.4, -0.2) is 12.2 Å². The Morgan fingerprint density at radius 3 is 2.25 bits per heavy atom. The number of benzene rings is 3. The van der Waals surface area contributed by atoms with Crippen molar-refractivity contribution in [2.24, 2.45) is 0 Å². The van der Waals surface area contributed by atoms with Gasteiger partial charge < -0.3 is 15.2 Å². The molecule has 3 aromatic rings. The highest BCUT2D eigenvalue weighted by molar-refractivity contribution is 5.89. The third-order valence-electron chi connectivity index (χ3n) is 3.24. The smallest absolute Gasteiger partial charge is 0.142 e. The largest absolute Gasteiger partial charge is 0.506 e. The Hall–Kier alpha value is -2.68. The summed E-state index contributed by atoms with van der Waals surface area (Å²) in [6, 6.07) is 19.2. The molecule has 20 heavy (non-hydrogen) atoms. The maximum Gasteiger partial charge on any atom is 0.142 e. The lowest BCUT2D eigenvalue weighted by Gasteiger charge is -2.13. The summed E-state index contributed by atoms with van der Waals surface area (Å²) >= 11 is 0. The highest BCUT2D eigenvalue weighted by Gasteiger charge is 2.07. The number of rotatable bonds is 3. The summed E-state index contributed by atoms with van der Waals surface area (Å²) < 4.78 is 5.30. The number of nitrogens with one attached hydrogen (secondary N) is 1. The fourth-order valence-corrected chi connectivity index (χ4v) is 2.22. The first kappa shape index (κ1) is 12.4. The standard InChI is InChI=1S/C17H15NO2/c1-20-17-9-5-4-8-14(17)18-15-10-12-6-2-3-7-13(12)11-16(15)19/h2-11,18-19H,1H3. The van der Waals surface area contributed by atoms with Gasteiger partial charge >= 0.3 is 0 Å². The van der Waals surface area contributed by atoms with E-state index in [1.165, 1.54) is 0 Å². The van der Waals surface area contributed by atoms with Gasteiger partial charge in [-0.3, -0.25) is 0 Å². The van der Waals surface area contributed by atoms with Crippen LogP contribution < -0.4 is 10.1 Å². The minimum Gasteiger partial charge on any atom is -0.506 e. The molecular weight excluding hydrogens is 250 g/mol. The molecule has 0 aliphatic heterocycles. The quantitative estimate of drug-likeness (QED) is 0.694. The number of phenols is 1. The second kappa shape index (κ2) is 5.13. The molecule has 0 saturated heterocycles. The van der Waals surface area contributed by atoms with Gasteiger partial charge in [0.2, 0.25) is 0 Å². The minimum atomic E-state index is 0.217. The molecule has 100 valence electrons. The van der Waals surface area contributed by atoms with E-state index in [1.54, 1.807) is 13.2 Å². The van der Waals surface area contributed by atoms with E-state index in [0.29, 0.717) is 5.69 Å².